The Morgan fingerprint density at radius 3 is 1.10 bits per heavy atom. The lowest BCUT2D eigenvalue weighted by atomic mass is 9.95. The molecule has 0 aliphatic carbocycles. The van der Waals surface area contributed by atoms with Crippen LogP contribution in [-0.2, 0) is 0 Å². The van der Waals surface area contributed by atoms with Gasteiger partial charge in [-0.1, -0.05) is 172 Å². The molecule has 0 N–H and O–H groups in total. The van der Waals surface area contributed by atoms with E-state index in [1.807, 2.05) is 12.1 Å². The zero-order valence-electron chi connectivity index (χ0n) is 38.7. The topological polar surface area (TPSA) is 17.4 Å². The quantitative estimate of drug-likeness (QED) is 0.122. The number of hydrogen-bond donors (Lipinski definition) is 0. The van der Waals surface area contributed by atoms with Gasteiger partial charge in [0.2, 0.25) is 0 Å². The van der Waals surface area contributed by atoms with E-state index < -0.39 is 0 Å². The summed E-state index contributed by atoms with van der Waals surface area (Å²) >= 11 is 0. The SMILES string of the molecule is CCC(C)c1ccc(-c2ccc(-c3ccc4c(c3)c3cc(-c5ccc(N(c6ccc(-c7ccccc7)cc6)c6ccc(-c7ccccc7)cc6)cc5)ccc3n4-c3ccc(OC)cc3)cc2)cc1. The highest BCUT2D eigenvalue weighted by Crippen LogP contribution is 2.41. The summed E-state index contributed by atoms with van der Waals surface area (Å²) in [5, 5.41) is 2.41. The fourth-order valence-corrected chi connectivity index (χ4v) is 9.60. The Morgan fingerprint density at radius 1 is 0.382 bits per heavy atom. The molecule has 0 fully saturated rings. The van der Waals surface area contributed by atoms with Crippen LogP contribution in [0.15, 0.2) is 243 Å². The Labute approximate surface area is 399 Å². The highest BCUT2D eigenvalue weighted by atomic mass is 16.5. The monoisotopic (exact) mass is 876 g/mol. The molecule has 68 heavy (non-hydrogen) atoms. The molecule has 1 unspecified atom stereocenters. The van der Waals surface area contributed by atoms with Crippen molar-refractivity contribution in [2.45, 2.75) is 26.2 Å². The molecule has 1 heterocycles. The predicted octanol–water partition coefficient (Wildman–Crippen LogP) is 18.1. The average molecular weight is 877 g/mol. The Bertz CT molecular complexity index is 3380. The molecule has 0 aliphatic rings. The zero-order chi connectivity index (χ0) is 46.0. The van der Waals surface area contributed by atoms with Crippen LogP contribution in [0.1, 0.15) is 31.7 Å². The third kappa shape index (κ3) is 8.25. The maximum Gasteiger partial charge on any atom is 0.119 e. The van der Waals surface area contributed by atoms with E-state index in [0.29, 0.717) is 5.92 Å². The summed E-state index contributed by atoms with van der Waals surface area (Å²) in [4.78, 5) is 2.34. The van der Waals surface area contributed by atoms with Gasteiger partial charge in [-0.15, -0.1) is 0 Å². The van der Waals surface area contributed by atoms with E-state index >= 15 is 0 Å². The molecule has 0 radical (unpaired) electrons. The van der Waals surface area contributed by atoms with Crippen molar-refractivity contribution in [1.82, 2.24) is 4.57 Å². The maximum atomic E-state index is 5.55. The van der Waals surface area contributed by atoms with Crippen molar-refractivity contribution in [3.05, 3.63) is 248 Å². The molecule has 3 heteroatoms. The highest BCUT2D eigenvalue weighted by Gasteiger charge is 2.17. The van der Waals surface area contributed by atoms with Gasteiger partial charge in [0.25, 0.3) is 0 Å². The van der Waals surface area contributed by atoms with Crippen molar-refractivity contribution in [2.24, 2.45) is 0 Å². The Hall–Kier alpha value is -8.40. The lowest BCUT2D eigenvalue weighted by Crippen LogP contribution is -2.09. The van der Waals surface area contributed by atoms with Gasteiger partial charge in [0, 0.05) is 33.5 Å². The number of nitrogens with zero attached hydrogens (tertiary/aromatic N) is 2. The van der Waals surface area contributed by atoms with Gasteiger partial charge in [-0.05, 0) is 158 Å². The predicted molar refractivity (Wildman–Crippen MR) is 288 cm³/mol. The van der Waals surface area contributed by atoms with Crippen molar-refractivity contribution < 1.29 is 4.74 Å². The van der Waals surface area contributed by atoms with Crippen LogP contribution in [0.5, 0.6) is 5.75 Å². The lowest BCUT2D eigenvalue weighted by molar-refractivity contribution is 0.415. The molecule has 328 valence electrons. The van der Waals surface area contributed by atoms with E-state index in [0.717, 1.165) is 57.1 Å². The fourth-order valence-electron chi connectivity index (χ4n) is 9.60. The van der Waals surface area contributed by atoms with Crippen LogP contribution < -0.4 is 9.64 Å². The second-order valence-corrected chi connectivity index (χ2v) is 17.7. The first-order valence-electron chi connectivity index (χ1n) is 23.7. The lowest BCUT2D eigenvalue weighted by Gasteiger charge is -2.26. The summed E-state index contributed by atoms with van der Waals surface area (Å²) in [5.41, 5.74) is 20.0. The van der Waals surface area contributed by atoms with Crippen LogP contribution in [0.3, 0.4) is 0 Å². The molecule has 0 saturated heterocycles. The number of methoxy groups -OCH3 is 1. The first-order valence-corrected chi connectivity index (χ1v) is 23.7. The van der Waals surface area contributed by atoms with Crippen molar-refractivity contribution >= 4 is 38.9 Å². The normalized spacial score (nSPS) is 11.8. The Morgan fingerprint density at radius 2 is 0.721 bits per heavy atom. The second-order valence-electron chi connectivity index (χ2n) is 17.7. The molecule has 0 spiro atoms. The molecular formula is C65H52N2O. The molecule has 0 saturated carbocycles. The smallest absolute Gasteiger partial charge is 0.119 e. The second kappa shape index (κ2) is 18.5. The number of benzene rings is 10. The van der Waals surface area contributed by atoms with Gasteiger partial charge < -0.3 is 14.2 Å². The third-order valence-corrected chi connectivity index (χ3v) is 13.7. The number of rotatable bonds is 12. The van der Waals surface area contributed by atoms with E-state index in [-0.39, 0.29) is 0 Å². The summed E-state index contributed by atoms with van der Waals surface area (Å²) < 4.78 is 7.92. The largest absolute Gasteiger partial charge is 0.497 e. The summed E-state index contributed by atoms with van der Waals surface area (Å²) in [6.07, 6.45) is 1.14. The molecule has 3 nitrogen and oxygen atoms in total. The van der Waals surface area contributed by atoms with E-state index in [1.165, 1.54) is 60.8 Å². The van der Waals surface area contributed by atoms with E-state index in [2.05, 4.69) is 254 Å². The van der Waals surface area contributed by atoms with Crippen LogP contribution in [0.4, 0.5) is 17.1 Å². The first-order chi connectivity index (χ1) is 33.5. The maximum absolute atomic E-state index is 5.55. The molecule has 0 aliphatic heterocycles. The summed E-state index contributed by atoms with van der Waals surface area (Å²) in [7, 11) is 1.71. The number of aromatic nitrogens is 1. The van der Waals surface area contributed by atoms with E-state index in [1.54, 1.807) is 7.11 Å². The van der Waals surface area contributed by atoms with Gasteiger partial charge in [0.15, 0.2) is 0 Å². The number of anilines is 3. The van der Waals surface area contributed by atoms with Crippen LogP contribution in [-0.4, -0.2) is 11.7 Å². The molecular weight excluding hydrogens is 825 g/mol. The summed E-state index contributed by atoms with van der Waals surface area (Å²) in [5.74, 6) is 1.40. The minimum atomic E-state index is 0.564. The van der Waals surface area contributed by atoms with Gasteiger partial charge >= 0.3 is 0 Å². The molecule has 11 rings (SSSR count). The van der Waals surface area contributed by atoms with Crippen molar-refractivity contribution in [3.8, 4) is 67.1 Å². The van der Waals surface area contributed by atoms with Crippen molar-refractivity contribution in [3.63, 3.8) is 0 Å². The van der Waals surface area contributed by atoms with Gasteiger partial charge in [-0.2, -0.15) is 0 Å². The fraction of sp³-hybridized carbons (Fsp3) is 0.0769. The molecule has 0 bridgehead atoms. The van der Waals surface area contributed by atoms with Crippen molar-refractivity contribution in [2.75, 3.05) is 12.0 Å². The molecule has 0 amide bonds. The molecule has 1 atom stereocenters. The van der Waals surface area contributed by atoms with Crippen LogP contribution in [0.25, 0.3) is 83.1 Å². The average Bonchev–Trinajstić information content (AvgIpc) is 3.75. The number of fused-ring (bicyclic) bond motifs is 3. The van der Waals surface area contributed by atoms with Crippen LogP contribution in [0, 0.1) is 0 Å². The third-order valence-electron chi connectivity index (χ3n) is 13.7. The van der Waals surface area contributed by atoms with Crippen molar-refractivity contribution in [1.29, 1.82) is 0 Å². The number of ether oxygens (including phenoxy) is 1. The van der Waals surface area contributed by atoms with Gasteiger partial charge in [-0.25, -0.2) is 0 Å². The van der Waals surface area contributed by atoms with Crippen LogP contribution >= 0.6 is 0 Å². The molecule has 10 aromatic carbocycles. The van der Waals surface area contributed by atoms with Gasteiger partial charge in [0.05, 0.1) is 18.1 Å². The van der Waals surface area contributed by atoms with E-state index in [4.69, 9.17) is 4.74 Å². The zero-order valence-corrected chi connectivity index (χ0v) is 38.7. The Kier molecular flexibility index (Phi) is 11.5. The summed E-state index contributed by atoms with van der Waals surface area (Å²) in [6, 6.07) is 88.2. The van der Waals surface area contributed by atoms with Crippen LogP contribution in [0.2, 0.25) is 0 Å². The van der Waals surface area contributed by atoms with E-state index in [9.17, 15) is 0 Å². The Balaban J connectivity index is 0.963. The van der Waals surface area contributed by atoms with Gasteiger partial charge in [0.1, 0.15) is 5.75 Å². The minimum absolute atomic E-state index is 0.564. The summed E-state index contributed by atoms with van der Waals surface area (Å²) in [6.45, 7) is 4.54. The minimum Gasteiger partial charge on any atom is -0.497 e. The highest BCUT2D eigenvalue weighted by molar-refractivity contribution is 6.11. The molecule has 1 aromatic heterocycles. The first kappa shape index (κ1) is 42.2. The van der Waals surface area contributed by atoms with Gasteiger partial charge in [-0.3, -0.25) is 0 Å². The molecule has 11 aromatic rings. The number of hydrogen-bond acceptors (Lipinski definition) is 2. The standard InChI is InChI=1S/C65H52N2O/c1-4-45(2)46-15-17-49(18-16-46)50-19-21-53(22-20-50)55-29-41-64-62(43-55)63-44-56(30-42-65(63)67(64)60-37-39-61(68-3)40-38-60)54-27-35-59(36-28-54)66(57-31-23-51(24-32-57)47-11-7-5-8-12-47)58-33-25-52(26-34-58)48-13-9-6-10-14-48/h5-45H,4H2,1-3H3.